The van der Waals surface area contributed by atoms with Crippen LogP contribution in [0.15, 0.2) is 29.6 Å². The first-order valence-electron chi connectivity index (χ1n) is 8.65. The predicted octanol–water partition coefficient (Wildman–Crippen LogP) is 2.75. The molecule has 0 spiro atoms. The van der Waals surface area contributed by atoms with Gasteiger partial charge in [0.25, 0.3) is 11.8 Å². The summed E-state index contributed by atoms with van der Waals surface area (Å²) in [5.74, 6) is -1.46. The molecule has 2 amide bonds. The van der Waals surface area contributed by atoms with E-state index in [1.54, 1.807) is 11.4 Å². The molecule has 1 saturated heterocycles. The summed E-state index contributed by atoms with van der Waals surface area (Å²) in [5.41, 5.74) is 0.188. The van der Waals surface area contributed by atoms with Crippen LogP contribution in [0.4, 0.5) is 9.52 Å². The average molecular weight is 376 g/mol. The van der Waals surface area contributed by atoms with Gasteiger partial charge in [0.15, 0.2) is 5.13 Å². The summed E-state index contributed by atoms with van der Waals surface area (Å²) in [7, 11) is 0. The van der Waals surface area contributed by atoms with Crippen LogP contribution in [0.3, 0.4) is 0 Å². The van der Waals surface area contributed by atoms with Gasteiger partial charge in [-0.3, -0.25) is 14.9 Å². The van der Waals surface area contributed by atoms with Crippen molar-refractivity contribution in [3.05, 3.63) is 46.7 Å². The molecule has 1 aromatic heterocycles. The minimum absolute atomic E-state index is 0.0600. The molecule has 138 valence electrons. The van der Waals surface area contributed by atoms with E-state index in [2.05, 4.69) is 20.5 Å². The number of piperidine rings is 1. The van der Waals surface area contributed by atoms with E-state index in [-0.39, 0.29) is 22.3 Å². The quantitative estimate of drug-likeness (QED) is 0.813. The Morgan fingerprint density at radius 1 is 1.15 bits per heavy atom. The van der Waals surface area contributed by atoms with Crippen molar-refractivity contribution in [1.29, 1.82) is 0 Å². The van der Waals surface area contributed by atoms with Gasteiger partial charge in [0, 0.05) is 18.5 Å². The average Bonchev–Trinajstić information content (AvgIpc) is 3.11. The molecule has 8 heteroatoms. The Balaban J connectivity index is 1.49. The molecular formula is C18H21FN4O2S. The fraction of sp³-hybridized carbons (Fsp3) is 0.389. The van der Waals surface area contributed by atoms with Crippen LogP contribution in [0.2, 0.25) is 0 Å². The molecule has 26 heavy (non-hydrogen) atoms. The molecule has 0 atom stereocenters. The highest BCUT2D eigenvalue weighted by Crippen LogP contribution is 2.17. The van der Waals surface area contributed by atoms with Gasteiger partial charge in [-0.25, -0.2) is 9.37 Å². The molecule has 3 rings (SSSR count). The highest BCUT2D eigenvalue weighted by molar-refractivity contribution is 7.14. The lowest BCUT2D eigenvalue weighted by Gasteiger charge is -2.26. The molecule has 0 unspecified atom stereocenters. The first-order chi connectivity index (χ1) is 12.6. The lowest BCUT2D eigenvalue weighted by atomic mass is 10.1. The molecule has 1 fully saturated rings. The molecule has 0 aliphatic carbocycles. The topological polar surface area (TPSA) is 74.3 Å². The van der Waals surface area contributed by atoms with Gasteiger partial charge in [-0.2, -0.15) is 0 Å². The first kappa shape index (κ1) is 18.5. The van der Waals surface area contributed by atoms with Crippen LogP contribution in [-0.4, -0.2) is 47.9 Å². The number of amides is 2. The van der Waals surface area contributed by atoms with E-state index in [1.165, 1.54) is 37.5 Å². The van der Waals surface area contributed by atoms with Crippen LogP contribution >= 0.6 is 11.3 Å². The van der Waals surface area contributed by atoms with Gasteiger partial charge in [0.05, 0.1) is 5.56 Å². The Kier molecular flexibility index (Phi) is 6.30. The number of benzene rings is 1. The summed E-state index contributed by atoms with van der Waals surface area (Å²) in [5, 5.41) is 7.21. The van der Waals surface area contributed by atoms with Gasteiger partial charge in [0.1, 0.15) is 11.5 Å². The zero-order valence-corrected chi connectivity index (χ0v) is 15.2. The zero-order chi connectivity index (χ0) is 18.4. The maximum atomic E-state index is 13.6. The van der Waals surface area contributed by atoms with Crippen molar-refractivity contribution in [3.8, 4) is 0 Å². The number of thiazole rings is 1. The lowest BCUT2D eigenvalue weighted by molar-refractivity contribution is 0.0940. The second kappa shape index (κ2) is 8.86. The third kappa shape index (κ3) is 4.86. The van der Waals surface area contributed by atoms with Crippen molar-refractivity contribution >= 4 is 28.3 Å². The predicted molar refractivity (Wildman–Crippen MR) is 99.1 cm³/mol. The molecule has 0 saturated carbocycles. The Morgan fingerprint density at radius 2 is 1.92 bits per heavy atom. The molecule has 1 aromatic carbocycles. The number of aromatic nitrogens is 1. The Labute approximate surface area is 155 Å². The molecular weight excluding hydrogens is 355 g/mol. The number of carbonyl (C=O) groups excluding carboxylic acids is 2. The van der Waals surface area contributed by atoms with Crippen molar-refractivity contribution < 1.29 is 14.0 Å². The number of anilines is 1. The van der Waals surface area contributed by atoms with Crippen molar-refractivity contribution in [2.24, 2.45) is 0 Å². The van der Waals surface area contributed by atoms with Crippen molar-refractivity contribution in [2.75, 3.05) is 31.5 Å². The summed E-state index contributed by atoms with van der Waals surface area (Å²) in [4.78, 5) is 30.7. The van der Waals surface area contributed by atoms with Crippen molar-refractivity contribution in [2.45, 2.75) is 19.3 Å². The van der Waals surface area contributed by atoms with Gasteiger partial charge >= 0.3 is 0 Å². The maximum absolute atomic E-state index is 13.6. The van der Waals surface area contributed by atoms with Crippen molar-refractivity contribution in [1.82, 2.24) is 15.2 Å². The Hall–Kier alpha value is -2.32. The van der Waals surface area contributed by atoms with E-state index >= 15 is 0 Å². The minimum atomic E-state index is -0.600. The van der Waals surface area contributed by atoms with Gasteiger partial charge < -0.3 is 10.2 Å². The van der Waals surface area contributed by atoms with E-state index < -0.39 is 11.7 Å². The van der Waals surface area contributed by atoms with E-state index in [0.29, 0.717) is 6.54 Å². The van der Waals surface area contributed by atoms with E-state index in [4.69, 9.17) is 0 Å². The number of carbonyl (C=O) groups is 2. The van der Waals surface area contributed by atoms with Crippen LogP contribution < -0.4 is 10.6 Å². The number of hydrogen-bond acceptors (Lipinski definition) is 5. The van der Waals surface area contributed by atoms with Crippen LogP contribution in [0, 0.1) is 5.82 Å². The van der Waals surface area contributed by atoms with Gasteiger partial charge in [-0.15, -0.1) is 11.3 Å². The monoisotopic (exact) mass is 376 g/mol. The summed E-state index contributed by atoms with van der Waals surface area (Å²) in [6.07, 6.45) is 3.71. The number of hydrogen-bond donors (Lipinski definition) is 2. The molecule has 1 aliphatic heterocycles. The summed E-state index contributed by atoms with van der Waals surface area (Å²) in [6, 6.07) is 5.72. The zero-order valence-electron chi connectivity index (χ0n) is 14.3. The molecule has 2 aromatic rings. The molecule has 0 bridgehead atoms. The smallest absolute Gasteiger partial charge is 0.270 e. The van der Waals surface area contributed by atoms with Crippen LogP contribution in [0.1, 0.15) is 40.1 Å². The number of rotatable bonds is 6. The van der Waals surface area contributed by atoms with Gasteiger partial charge in [0.2, 0.25) is 0 Å². The van der Waals surface area contributed by atoms with Crippen LogP contribution in [-0.2, 0) is 0 Å². The van der Waals surface area contributed by atoms with Crippen LogP contribution in [0.25, 0.3) is 0 Å². The van der Waals surface area contributed by atoms with Crippen molar-refractivity contribution in [3.63, 3.8) is 0 Å². The summed E-state index contributed by atoms with van der Waals surface area (Å²) in [6.45, 7) is 3.55. The Bertz CT molecular complexity index is 774. The molecule has 6 nitrogen and oxygen atoms in total. The van der Waals surface area contributed by atoms with Gasteiger partial charge in [-0.1, -0.05) is 18.6 Å². The summed E-state index contributed by atoms with van der Waals surface area (Å²) < 4.78 is 13.6. The first-order valence-corrected chi connectivity index (χ1v) is 9.53. The third-order valence-electron chi connectivity index (χ3n) is 4.24. The number of halogens is 1. The number of nitrogens with zero attached hydrogens (tertiary/aromatic N) is 2. The summed E-state index contributed by atoms with van der Waals surface area (Å²) >= 11 is 1.13. The van der Waals surface area contributed by atoms with E-state index in [0.717, 1.165) is 31.0 Å². The normalized spacial score (nSPS) is 14.8. The largest absolute Gasteiger partial charge is 0.349 e. The highest BCUT2D eigenvalue weighted by atomic mass is 32.1. The molecule has 2 heterocycles. The van der Waals surface area contributed by atoms with Crippen LogP contribution in [0.5, 0.6) is 0 Å². The second-order valence-corrected chi connectivity index (χ2v) is 6.99. The minimum Gasteiger partial charge on any atom is -0.349 e. The maximum Gasteiger partial charge on any atom is 0.270 e. The molecule has 1 aliphatic rings. The highest BCUT2D eigenvalue weighted by Gasteiger charge is 2.16. The molecule has 0 radical (unpaired) electrons. The second-order valence-electron chi connectivity index (χ2n) is 6.13. The number of nitrogens with one attached hydrogen (secondary N) is 2. The Morgan fingerprint density at radius 3 is 2.69 bits per heavy atom. The third-order valence-corrected chi connectivity index (χ3v) is 5.00. The van der Waals surface area contributed by atoms with E-state index in [1.807, 2.05) is 0 Å². The molecule has 2 N–H and O–H groups in total. The SMILES string of the molecule is O=C(NCCN1CCCCC1)c1csc(NC(=O)c2ccccc2F)n1. The lowest BCUT2D eigenvalue weighted by Crippen LogP contribution is -2.37. The van der Waals surface area contributed by atoms with E-state index in [9.17, 15) is 14.0 Å². The fourth-order valence-electron chi connectivity index (χ4n) is 2.85. The standard InChI is InChI=1S/C18H21FN4O2S/c19-14-7-3-2-6-13(14)16(24)22-18-21-15(12-26-18)17(25)20-8-11-23-9-4-1-5-10-23/h2-3,6-7,12H,1,4-5,8-11H2,(H,20,25)(H,21,22,24). The fourth-order valence-corrected chi connectivity index (χ4v) is 3.53. The van der Waals surface area contributed by atoms with Gasteiger partial charge in [-0.05, 0) is 38.1 Å². The number of likely N-dealkylation sites (tertiary alicyclic amines) is 1.